The van der Waals surface area contributed by atoms with Crippen LogP contribution in [-0.2, 0) is 22.6 Å². The number of aryl methyl sites for hydroxylation is 1. The number of esters is 1. The molecule has 3 rings (SSSR count). The topological polar surface area (TPSA) is 72.8 Å². The van der Waals surface area contributed by atoms with Gasteiger partial charge in [-0.1, -0.05) is 48.5 Å². The first-order valence-corrected chi connectivity index (χ1v) is 9.86. The first kappa shape index (κ1) is 21.1. The van der Waals surface area contributed by atoms with E-state index in [2.05, 4.69) is 0 Å². The Balaban J connectivity index is 1.70. The van der Waals surface area contributed by atoms with Crippen LogP contribution in [0.1, 0.15) is 34.8 Å². The minimum absolute atomic E-state index is 0.111. The van der Waals surface area contributed by atoms with Crippen LogP contribution in [-0.4, -0.2) is 23.7 Å². The number of rotatable bonds is 9. The summed E-state index contributed by atoms with van der Waals surface area (Å²) in [5.41, 5.74) is 4.21. The van der Waals surface area contributed by atoms with Gasteiger partial charge in [-0.3, -0.25) is 4.79 Å². The lowest BCUT2D eigenvalue weighted by Crippen LogP contribution is -2.06. The van der Waals surface area contributed by atoms with Crippen molar-refractivity contribution >= 4 is 11.9 Å². The molecule has 3 aromatic rings. The molecule has 0 aromatic heterocycles. The molecule has 0 aliphatic carbocycles. The van der Waals surface area contributed by atoms with E-state index in [0.717, 1.165) is 22.3 Å². The standard InChI is InChI=1S/C25H24O5/c1-2-29-25(28)23-9-4-3-8-22(23)20-7-5-6-19(16-20)17-30-21-13-10-18(11-14-21)12-15-24(26)27/h3-11,13-14,16H,2,12,15,17H2,1H3,(H,26,27). The third kappa shape index (κ3) is 5.70. The summed E-state index contributed by atoms with van der Waals surface area (Å²) < 4.78 is 11.0. The van der Waals surface area contributed by atoms with Gasteiger partial charge in [0.25, 0.3) is 0 Å². The second-order valence-electron chi connectivity index (χ2n) is 6.79. The number of ether oxygens (including phenoxy) is 2. The minimum atomic E-state index is -0.806. The molecule has 0 radical (unpaired) electrons. The Labute approximate surface area is 175 Å². The van der Waals surface area contributed by atoms with E-state index in [1.165, 1.54) is 0 Å². The van der Waals surface area contributed by atoms with Crippen molar-refractivity contribution in [3.05, 3.63) is 89.5 Å². The van der Waals surface area contributed by atoms with E-state index >= 15 is 0 Å². The molecule has 3 aromatic carbocycles. The van der Waals surface area contributed by atoms with Crippen molar-refractivity contribution in [1.29, 1.82) is 0 Å². The first-order valence-electron chi connectivity index (χ1n) is 9.86. The third-order valence-electron chi connectivity index (χ3n) is 4.62. The predicted molar refractivity (Wildman–Crippen MR) is 115 cm³/mol. The molecular formula is C25H24O5. The van der Waals surface area contributed by atoms with Gasteiger partial charge >= 0.3 is 11.9 Å². The summed E-state index contributed by atoms with van der Waals surface area (Å²) in [6, 6.07) is 22.7. The molecule has 5 heteroatoms. The van der Waals surface area contributed by atoms with Gasteiger partial charge < -0.3 is 14.6 Å². The molecule has 0 amide bonds. The van der Waals surface area contributed by atoms with Gasteiger partial charge in [-0.2, -0.15) is 0 Å². The average molecular weight is 404 g/mol. The van der Waals surface area contributed by atoms with Crippen LogP contribution in [0.25, 0.3) is 11.1 Å². The Morgan fingerprint density at radius 1 is 0.900 bits per heavy atom. The summed E-state index contributed by atoms with van der Waals surface area (Å²) in [5, 5.41) is 8.77. The third-order valence-corrected chi connectivity index (χ3v) is 4.62. The summed E-state index contributed by atoms with van der Waals surface area (Å²) in [5.74, 6) is -0.427. The summed E-state index contributed by atoms with van der Waals surface area (Å²) >= 11 is 0. The second kappa shape index (κ2) is 10.3. The molecule has 0 unspecified atom stereocenters. The zero-order valence-corrected chi connectivity index (χ0v) is 16.8. The van der Waals surface area contributed by atoms with Gasteiger partial charge in [0.15, 0.2) is 0 Å². The van der Waals surface area contributed by atoms with Crippen LogP contribution in [0.15, 0.2) is 72.8 Å². The lowest BCUT2D eigenvalue weighted by Gasteiger charge is -2.11. The van der Waals surface area contributed by atoms with E-state index in [4.69, 9.17) is 14.6 Å². The minimum Gasteiger partial charge on any atom is -0.489 e. The smallest absolute Gasteiger partial charge is 0.338 e. The number of carboxylic acid groups (broad SMARTS) is 1. The van der Waals surface area contributed by atoms with Crippen LogP contribution in [0.2, 0.25) is 0 Å². The maximum absolute atomic E-state index is 12.3. The quantitative estimate of drug-likeness (QED) is 0.501. The van der Waals surface area contributed by atoms with Crippen LogP contribution >= 0.6 is 0 Å². The Morgan fingerprint density at radius 2 is 1.67 bits per heavy atom. The molecule has 0 spiro atoms. The Hall–Kier alpha value is -3.60. The molecular weight excluding hydrogens is 380 g/mol. The van der Waals surface area contributed by atoms with Crippen molar-refractivity contribution in [3.63, 3.8) is 0 Å². The fourth-order valence-corrected chi connectivity index (χ4v) is 3.12. The highest BCUT2D eigenvalue weighted by Gasteiger charge is 2.13. The van der Waals surface area contributed by atoms with E-state index in [0.29, 0.717) is 30.9 Å². The lowest BCUT2D eigenvalue weighted by atomic mass is 9.98. The maximum atomic E-state index is 12.3. The molecule has 0 bridgehead atoms. The Kier molecular flexibility index (Phi) is 7.22. The average Bonchev–Trinajstić information content (AvgIpc) is 2.77. The number of carbonyl (C=O) groups excluding carboxylic acids is 1. The largest absolute Gasteiger partial charge is 0.489 e. The number of aliphatic carboxylic acids is 1. The molecule has 0 saturated heterocycles. The Morgan fingerprint density at radius 3 is 2.40 bits per heavy atom. The van der Waals surface area contributed by atoms with Crippen LogP contribution in [0.4, 0.5) is 0 Å². The van der Waals surface area contributed by atoms with Gasteiger partial charge in [0.2, 0.25) is 0 Å². The summed E-state index contributed by atoms with van der Waals surface area (Å²) in [6.45, 7) is 2.50. The number of benzene rings is 3. The molecule has 0 aliphatic rings. The molecule has 0 aliphatic heterocycles. The van der Waals surface area contributed by atoms with Crippen LogP contribution in [0.5, 0.6) is 5.75 Å². The number of hydrogen-bond donors (Lipinski definition) is 1. The van der Waals surface area contributed by atoms with E-state index in [-0.39, 0.29) is 12.4 Å². The van der Waals surface area contributed by atoms with E-state index in [1.807, 2.05) is 66.7 Å². The highest BCUT2D eigenvalue weighted by atomic mass is 16.5. The highest BCUT2D eigenvalue weighted by molar-refractivity contribution is 5.97. The van der Waals surface area contributed by atoms with Gasteiger partial charge in [-0.25, -0.2) is 4.79 Å². The first-order chi connectivity index (χ1) is 14.6. The van der Waals surface area contributed by atoms with Gasteiger partial charge in [-0.15, -0.1) is 0 Å². The lowest BCUT2D eigenvalue weighted by molar-refractivity contribution is -0.136. The fraction of sp³-hybridized carbons (Fsp3) is 0.200. The van der Waals surface area contributed by atoms with Gasteiger partial charge in [0.1, 0.15) is 12.4 Å². The van der Waals surface area contributed by atoms with Crippen molar-refractivity contribution < 1.29 is 24.2 Å². The van der Waals surface area contributed by atoms with E-state index < -0.39 is 5.97 Å². The van der Waals surface area contributed by atoms with Crippen molar-refractivity contribution in [2.24, 2.45) is 0 Å². The molecule has 0 atom stereocenters. The van der Waals surface area contributed by atoms with Gasteiger partial charge in [0, 0.05) is 6.42 Å². The van der Waals surface area contributed by atoms with E-state index in [9.17, 15) is 9.59 Å². The molecule has 1 N–H and O–H groups in total. The number of carboxylic acids is 1. The molecule has 0 fully saturated rings. The molecule has 0 heterocycles. The zero-order chi connectivity index (χ0) is 21.3. The zero-order valence-electron chi connectivity index (χ0n) is 16.8. The predicted octanol–water partition coefficient (Wildman–Crippen LogP) is 5.13. The molecule has 154 valence electrons. The van der Waals surface area contributed by atoms with E-state index in [1.54, 1.807) is 13.0 Å². The van der Waals surface area contributed by atoms with Crippen molar-refractivity contribution in [1.82, 2.24) is 0 Å². The highest BCUT2D eigenvalue weighted by Crippen LogP contribution is 2.26. The number of carbonyl (C=O) groups is 2. The Bertz CT molecular complexity index is 1010. The van der Waals surface area contributed by atoms with Crippen LogP contribution in [0, 0.1) is 0 Å². The van der Waals surface area contributed by atoms with Crippen LogP contribution in [0.3, 0.4) is 0 Å². The summed E-state index contributed by atoms with van der Waals surface area (Å²) in [7, 11) is 0. The van der Waals surface area contributed by atoms with Crippen LogP contribution < -0.4 is 4.74 Å². The van der Waals surface area contributed by atoms with Gasteiger partial charge in [-0.05, 0) is 59.9 Å². The molecule has 30 heavy (non-hydrogen) atoms. The summed E-state index contributed by atoms with van der Waals surface area (Å²) in [4.78, 5) is 22.9. The fourth-order valence-electron chi connectivity index (χ4n) is 3.12. The molecule has 5 nitrogen and oxygen atoms in total. The number of hydrogen-bond acceptors (Lipinski definition) is 4. The second-order valence-corrected chi connectivity index (χ2v) is 6.79. The summed E-state index contributed by atoms with van der Waals surface area (Å²) in [6.07, 6.45) is 0.609. The van der Waals surface area contributed by atoms with Crippen molar-refractivity contribution in [3.8, 4) is 16.9 Å². The van der Waals surface area contributed by atoms with Crippen molar-refractivity contribution in [2.75, 3.05) is 6.61 Å². The van der Waals surface area contributed by atoms with Crippen molar-refractivity contribution in [2.45, 2.75) is 26.4 Å². The SMILES string of the molecule is CCOC(=O)c1ccccc1-c1cccc(COc2ccc(CCC(=O)O)cc2)c1. The normalized spacial score (nSPS) is 10.4. The molecule has 0 saturated carbocycles. The monoisotopic (exact) mass is 404 g/mol. The maximum Gasteiger partial charge on any atom is 0.338 e. The van der Waals surface area contributed by atoms with Gasteiger partial charge in [0.05, 0.1) is 12.2 Å².